The molecule has 0 bridgehead atoms. The Morgan fingerprint density at radius 1 is 0.824 bits per heavy atom. The van der Waals surface area contributed by atoms with E-state index in [1.54, 1.807) is 0 Å². The fourth-order valence-corrected chi connectivity index (χ4v) is 2.26. The predicted octanol–water partition coefficient (Wildman–Crippen LogP) is 2.99. The summed E-state index contributed by atoms with van der Waals surface area (Å²) in [5, 5.41) is 3.96. The van der Waals surface area contributed by atoms with E-state index in [2.05, 4.69) is 29.4 Å². The van der Waals surface area contributed by atoms with E-state index < -0.39 is 0 Å². The molecule has 17 heavy (non-hydrogen) atoms. The molecule has 2 nitrogen and oxygen atoms in total. The molecule has 0 atom stereocenters. The average molecular weight is 223 g/mol. The van der Waals surface area contributed by atoms with E-state index >= 15 is 0 Å². The molecule has 1 heterocycles. The molecule has 0 saturated carbocycles. The highest BCUT2D eigenvalue weighted by atomic mass is 16.6. The fraction of sp³-hybridized carbons (Fsp3) is 0.133. The summed E-state index contributed by atoms with van der Waals surface area (Å²) in [4.78, 5) is 5.24. The van der Waals surface area contributed by atoms with Gasteiger partial charge in [-0.05, 0) is 11.1 Å². The van der Waals surface area contributed by atoms with Crippen LogP contribution in [-0.4, -0.2) is 12.8 Å². The number of hydrogen-bond donors (Lipinski definition) is 0. The van der Waals surface area contributed by atoms with Crippen molar-refractivity contribution in [2.45, 2.75) is 5.41 Å². The molecule has 0 saturated heterocycles. The molecule has 0 amide bonds. The number of oxime groups is 1. The van der Waals surface area contributed by atoms with Gasteiger partial charge in [0.2, 0.25) is 0 Å². The lowest BCUT2D eigenvalue weighted by Gasteiger charge is -2.25. The molecule has 1 aliphatic heterocycles. The SMILES string of the molecule is C1=NOCC1(c1ccccc1)c1ccccc1. The lowest BCUT2D eigenvalue weighted by Crippen LogP contribution is -2.30. The van der Waals surface area contributed by atoms with Gasteiger partial charge >= 0.3 is 0 Å². The van der Waals surface area contributed by atoms with Crippen molar-refractivity contribution in [2.75, 3.05) is 6.61 Å². The van der Waals surface area contributed by atoms with Gasteiger partial charge in [0.05, 0.1) is 11.6 Å². The summed E-state index contributed by atoms with van der Waals surface area (Å²) in [5.41, 5.74) is 2.20. The fourth-order valence-electron chi connectivity index (χ4n) is 2.26. The summed E-state index contributed by atoms with van der Waals surface area (Å²) in [6.07, 6.45) is 1.90. The monoisotopic (exact) mass is 223 g/mol. The summed E-state index contributed by atoms with van der Waals surface area (Å²) in [7, 11) is 0. The van der Waals surface area contributed by atoms with Crippen molar-refractivity contribution in [3.63, 3.8) is 0 Å². The lowest BCUT2D eigenvalue weighted by atomic mass is 9.76. The van der Waals surface area contributed by atoms with Gasteiger partial charge < -0.3 is 4.84 Å². The van der Waals surface area contributed by atoms with Gasteiger partial charge in [-0.15, -0.1) is 0 Å². The normalized spacial score (nSPS) is 16.7. The van der Waals surface area contributed by atoms with Crippen molar-refractivity contribution in [1.29, 1.82) is 0 Å². The summed E-state index contributed by atoms with van der Waals surface area (Å²) >= 11 is 0. The third kappa shape index (κ3) is 1.62. The number of benzene rings is 2. The van der Waals surface area contributed by atoms with E-state index in [1.165, 1.54) is 11.1 Å². The van der Waals surface area contributed by atoms with Crippen molar-refractivity contribution in [1.82, 2.24) is 0 Å². The second-order valence-corrected chi connectivity index (χ2v) is 4.21. The predicted molar refractivity (Wildman–Crippen MR) is 68.1 cm³/mol. The maximum atomic E-state index is 5.24. The van der Waals surface area contributed by atoms with Crippen LogP contribution in [0.25, 0.3) is 0 Å². The number of hydrogen-bond acceptors (Lipinski definition) is 2. The zero-order chi connectivity index (χ0) is 11.6. The number of nitrogens with zero attached hydrogens (tertiary/aromatic N) is 1. The zero-order valence-electron chi connectivity index (χ0n) is 9.41. The smallest absolute Gasteiger partial charge is 0.136 e. The van der Waals surface area contributed by atoms with Crippen LogP contribution in [0.3, 0.4) is 0 Å². The highest BCUT2D eigenvalue weighted by Gasteiger charge is 2.37. The van der Waals surface area contributed by atoms with Crippen LogP contribution < -0.4 is 0 Å². The summed E-state index contributed by atoms with van der Waals surface area (Å²) in [6, 6.07) is 20.7. The van der Waals surface area contributed by atoms with Crippen LogP contribution in [0.2, 0.25) is 0 Å². The van der Waals surface area contributed by atoms with Gasteiger partial charge in [-0.2, -0.15) is 0 Å². The Labute approximate surface area is 101 Å². The molecule has 1 aliphatic rings. The standard InChI is InChI=1S/C15H13NO/c1-3-7-13(8-4-1)15(11-16-17-12-15)14-9-5-2-6-10-14/h1-11H,12H2. The van der Waals surface area contributed by atoms with E-state index in [9.17, 15) is 0 Å². The first-order valence-corrected chi connectivity index (χ1v) is 5.69. The van der Waals surface area contributed by atoms with Crippen LogP contribution in [0.1, 0.15) is 11.1 Å². The van der Waals surface area contributed by atoms with Gasteiger partial charge in [-0.3, -0.25) is 0 Å². The Morgan fingerprint density at radius 2 is 1.35 bits per heavy atom. The van der Waals surface area contributed by atoms with Crippen molar-refractivity contribution in [3.8, 4) is 0 Å². The largest absolute Gasteiger partial charge is 0.394 e. The molecule has 2 aromatic carbocycles. The van der Waals surface area contributed by atoms with Crippen LogP contribution in [0.4, 0.5) is 0 Å². The van der Waals surface area contributed by atoms with Gasteiger partial charge in [0, 0.05) is 0 Å². The highest BCUT2D eigenvalue weighted by molar-refractivity contribution is 5.80. The summed E-state index contributed by atoms with van der Waals surface area (Å²) < 4.78 is 0. The van der Waals surface area contributed by atoms with E-state index in [1.807, 2.05) is 42.6 Å². The lowest BCUT2D eigenvalue weighted by molar-refractivity contribution is 0.152. The van der Waals surface area contributed by atoms with Crippen LogP contribution in [0.15, 0.2) is 65.8 Å². The molecule has 2 aromatic rings. The molecular weight excluding hydrogens is 210 g/mol. The van der Waals surface area contributed by atoms with Crippen molar-refractivity contribution in [3.05, 3.63) is 71.8 Å². The molecule has 0 radical (unpaired) electrons. The molecule has 0 N–H and O–H groups in total. The molecule has 0 fully saturated rings. The third-order valence-corrected chi connectivity index (χ3v) is 3.22. The Balaban J connectivity index is 2.15. The maximum Gasteiger partial charge on any atom is 0.136 e. The Morgan fingerprint density at radius 3 is 1.76 bits per heavy atom. The quantitative estimate of drug-likeness (QED) is 0.767. The minimum absolute atomic E-state index is 0.234. The van der Waals surface area contributed by atoms with Gasteiger partial charge in [-0.1, -0.05) is 65.8 Å². The van der Waals surface area contributed by atoms with Gasteiger partial charge in [0.1, 0.15) is 6.61 Å². The number of rotatable bonds is 2. The van der Waals surface area contributed by atoms with Gasteiger partial charge in [0.15, 0.2) is 0 Å². The molecule has 0 aromatic heterocycles. The van der Waals surface area contributed by atoms with Gasteiger partial charge in [-0.25, -0.2) is 0 Å². The Bertz CT molecular complexity index is 480. The molecule has 2 heteroatoms. The summed E-state index contributed by atoms with van der Waals surface area (Å²) in [5.74, 6) is 0. The second-order valence-electron chi connectivity index (χ2n) is 4.21. The third-order valence-electron chi connectivity index (χ3n) is 3.22. The molecule has 3 rings (SSSR count). The van der Waals surface area contributed by atoms with Crippen LogP contribution >= 0.6 is 0 Å². The van der Waals surface area contributed by atoms with E-state index in [0.717, 1.165) is 0 Å². The minimum atomic E-state index is -0.234. The van der Waals surface area contributed by atoms with Crippen molar-refractivity contribution in [2.24, 2.45) is 5.16 Å². The molecular formula is C15H13NO. The van der Waals surface area contributed by atoms with E-state index in [-0.39, 0.29) is 5.41 Å². The van der Waals surface area contributed by atoms with E-state index in [0.29, 0.717) is 6.61 Å². The Kier molecular flexibility index (Phi) is 2.41. The Hall–Kier alpha value is -2.09. The molecule has 0 spiro atoms. The highest BCUT2D eigenvalue weighted by Crippen LogP contribution is 2.33. The molecule has 84 valence electrons. The van der Waals surface area contributed by atoms with Crippen LogP contribution in [-0.2, 0) is 10.3 Å². The summed E-state index contributed by atoms with van der Waals surface area (Å²) in [6.45, 7) is 0.570. The van der Waals surface area contributed by atoms with Crippen molar-refractivity contribution < 1.29 is 4.84 Å². The average Bonchev–Trinajstić information content (AvgIpc) is 2.91. The maximum absolute atomic E-state index is 5.24. The minimum Gasteiger partial charge on any atom is -0.394 e. The topological polar surface area (TPSA) is 21.6 Å². The van der Waals surface area contributed by atoms with Crippen LogP contribution in [0.5, 0.6) is 0 Å². The van der Waals surface area contributed by atoms with E-state index in [4.69, 9.17) is 4.84 Å². The molecule has 0 unspecified atom stereocenters. The first-order chi connectivity index (χ1) is 8.42. The zero-order valence-corrected chi connectivity index (χ0v) is 9.41. The van der Waals surface area contributed by atoms with Crippen LogP contribution in [0, 0.1) is 0 Å². The van der Waals surface area contributed by atoms with Gasteiger partial charge in [0.25, 0.3) is 0 Å². The second kappa shape index (κ2) is 4.06. The molecule has 0 aliphatic carbocycles. The first kappa shape index (κ1) is 10.1. The van der Waals surface area contributed by atoms with Crippen molar-refractivity contribution >= 4 is 6.21 Å². The first-order valence-electron chi connectivity index (χ1n) is 5.69.